The average molecular weight is 276 g/mol. The van der Waals surface area contributed by atoms with Gasteiger partial charge in [0.15, 0.2) is 0 Å². The van der Waals surface area contributed by atoms with E-state index in [4.69, 9.17) is 15.5 Å². The molecule has 2 aromatic rings. The van der Waals surface area contributed by atoms with Gasteiger partial charge in [0, 0.05) is 18.7 Å². The molecule has 1 aromatic carbocycles. The van der Waals surface area contributed by atoms with Crippen LogP contribution < -0.4 is 10.5 Å². The molecular formula is C15H24N4O. The Hall–Kier alpha value is -1.59. The summed E-state index contributed by atoms with van der Waals surface area (Å²) in [6, 6.07) is 6.15. The molecule has 0 aliphatic heterocycles. The van der Waals surface area contributed by atoms with Gasteiger partial charge < -0.3 is 19.9 Å². The SMILES string of the molecule is CCC(N)Cn1c(CN(C)C)nc2cc(OC)ccc21. The maximum absolute atomic E-state index is 6.12. The van der Waals surface area contributed by atoms with E-state index in [1.165, 1.54) is 0 Å². The van der Waals surface area contributed by atoms with Gasteiger partial charge in [-0.3, -0.25) is 0 Å². The number of aromatic nitrogens is 2. The largest absolute Gasteiger partial charge is 0.497 e. The second kappa shape index (κ2) is 6.24. The molecule has 1 atom stereocenters. The van der Waals surface area contributed by atoms with Crippen LogP contribution in [0.25, 0.3) is 11.0 Å². The summed E-state index contributed by atoms with van der Waals surface area (Å²) >= 11 is 0. The van der Waals surface area contributed by atoms with Gasteiger partial charge in [0.25, 0.3) is 0 Å². The first-order chi connectivity index (χ1) is 9.55. The lowest BCUT2D eigenvalue weighted by Gasteiger charge is -2.16. The minimum absolute atomic E-state index is 0.149. The Balaban J connectivity index is 2.48. The molecule has 0 aliphatic carbocycles. The van der Waals surface area contributed by atoms with Crippen molar-refractivity contribution in [2.24, 2.45) is 5.73 Å². The van der Waals surface area contributed by atoms with Crippen molar-refractivity contribution >= 4 is 11.0 Å². The van der Waals surface area contributed by atoms with Crippen LogP contribution in [0, 0.1) is 0 Å². The number of nitrogens with zero attached hydrogens (tertiary/aromatic N) is 3. The molecule has 2 rings (SSSR count). The number of hydrogen-bond acceptors (Lipinski definition) is 4. The highest BCUT2D eigenvalue weighted by atomic mass is 16.5. The van der Waals surface area contributed by atoms with Gasteiger partial charge in [-0.15, -0.1) is 0 Å². The van der Waals surface area contributed by atoms with Gasteiger partial charge in [0.05, 0.1) is 24.7 Å². The highest BCUT2D eigenvalue weighted by Gasteiger charge is 2.14. The van der Waals surface area contributed by atoms with E-state index in [0.29, 0.717) is 0 Å². The Labute approximate surface area is 120 Å². The molecule has 0 radical (unpaired) electrons. The third-order valence-corrected chi connectivity index (χ3v) is 3.43. The lowest BCUT2D eigenvalue weighted by Crippen LogP contribution is -2.27. The Bertz CT molecular complexity index is 577. The molecule has 0 saturated heterocycles. The van der Waals surface area contributed by atoms with E-state index < -0.39 is 0 Å². The zero-order valence-electron chi connectivity index (χ0n) is 12.8. The molecule has 0 saturated carbocycles. The first-order valence-corrected chi connectivity index (χ1v) is 6.98. The Morgan fingerprint density at radius 3 is 2.75 bits per heavy atom. The summed E-state index contributed by atoms with van der Waals surface area (Å²) in [5.41, 5.74) is 8.20. The molecule has 0 bridgehead atoms. The molecule has 1 aromatic heterocycles. The van der Waals surface area contributed by atoms with E-state index in [2.05, 4.69) is 22.5 Å². The van der Waals surface area contributed by atoms with Crippen LogP contribution in [0.3, 0.4) is 0 Å². The molecule has 0 fully saturated rings. The summed E-state index contributed by atoms with van der Waals surface area (Å²) in [5, 5.41) is 0. The molecule has 5 nitrogen and oxygen atoms in total. The number of benzene rings is 1. The Morgan fingerprint density at radius 2 is 2.15 bits per heavy atom. The molecule has 0 amide bonds. The van der Waals surface area contributed by atoms with Crippen LogP contribution in [-0.4, -0.2) is 41.7 Å². The van der Waals surface area contributed by atoms with Crippen LogP contribution in [-0.2, 0) is 13.1 Å². The Morgan fingerprint density at radius 1 is 1.40 bits per heavy atom. The van der Waals surface area contributed by atoms with Crippen LogP contribution in [0.2, 0.25) is 0 Å². The number of methoxy groups -OCH3 is 1. The zero-order chi connectivity index (χ0) is 14.7. The van der Waals surface area contributed by atoms with Gasteiger partial charge in [-0.1, -0.05) is 6.92 Å². The van der Waals surface area contributed by atoms with Gasteiger partial charge in [0.1, 0.15) is 11.6 Å². The van der Waals surface area contributed by atoms with Gasteiger partial charge in [-0.25, -0.2) is 4.98 Å². The minimum atomic E-state index is 0.149. The van der Waals surface area contributed by atoms with Crippen molar-refractivity contribution in [3.63, 3.8) is 0 Å². The van der Waals surface area contributed by atoms with E-state index in [0.717, 1.165) is 42.1 Å². The van der Waals surface area contributed by atoms with Crippen molar-refractivity contribution in [2.75, 3.05) is 21.2 Å². The van der Waals surface area contributed by atoms with E-state index in [1.807, 2.05) is 26.2 Å². The van der Waals surface area contributed by atoms with Gasteiger partial charge in [-0.05, 0) is 32.6 Å². The van der Waals surface area contributed by atoms with Crippen molar-refractivity contribution in [1.29, 1.82) is 0 Å². The van der Waals surface area contributed by atoms with Crippen molar-refractivity contribution < 1.29 is 4.74 Å². The van der Waals surface area contributed by atoms with Gasteiger partial charge in [-0.2, -0.15) is 0 Å². The number of fused-ring (bicyclic) bond motifs is 1. The maximum atomic E-state index is 6.12. The number of rotatable bonds is 6. The number of ether oxygens (including phenoxy) is 1. The molecule has 20 heavy (non-hydrogen) atoms. The van der Waals surface area contributed by atoms with Crippen LogP contribution in [0.1, 0.15) is 19.2 Å². The standard InChI is InChI=1S/C15H24N4O/c1-5-11(16)9-19-14-7-6-12(20-4)8-13(14)17-15(19)10-18(2)3/h6-8,11H,5,9-10,16H2,1-4H3. The fourth-order valence-corrected chi connectivity index (χ4v) is 2.26. The molecule has 1 heterocycles. The maximum Gasteiger partial charge on any atom is 0.124 e. The summed E-state index contributed by atoms with van der Waals surface area (Å²) in [6.45, 7) is 3.70. The molecule has 5 heteroatoms. The smallest absolute Gasteiger partial charge is 0.124 e. The van der Waals surface area contributed by atoms with Gasteiger partial charge >= 0.3 is 0 Å². The van der Waals surface area contributed by atoms with E-state index in [-0.39, 0.29) is 6.04 Å². The summed E-state index contributed by atoms with van der Waals surface area (Å²) in [5.74, 6) is 1.88. The summed E-state index contributed by atoms with van der Waals surface area (Å²) in [4.78, 5) is 6.85. The third kappa shape index (κ3) is 3.11. The topological polar surface area (TPSA) is 56.3 Å². The van der Waals surface area contributed by atoms with Crippen LogP contribution in [0.15, 0.2) is 18.2 Å². The molecular weight excluding hydrogens is 252 g/mol. The third-order valence-electron chi connectivity index (χ3n) is 3.43. The zero-order valence-corrected chi connectivity index (χ0v) is 12.8. The fourth-order valence-electron chi connectivity index (χ4n) is 2.26. The predicted octanol–water partition coefficient (Wildman–Crippen LogP) is 1.84. The molecule has 2 N–H and O–H groups in total. The van der Waals surface area contributed by atoms with Crippen molar-refractivity contribution in [3.8, 4) is 5.75 Å². The number of nitrogens with two attached hydrogens (primary N) is 1. The summed E-state index contributed by atoms with van der Waals surface area (Å²) in [6.07, 6.45) is 0.956. The van der Waals surface area contributed by atoms with E-state index in [9.17, 15) is 0 Å². The van der Waals surface area contributed by atoms with Crippen molar-refractivity contribution in [3.05, 3.63) is 24.0 Å². The second-order valence-corrected chi connectivity index (χ2v) is 5.40. The Kier molecular flexibility index (Phi) is 4.62. The van der Waals surface area contributed by atoms with Crippen LogP contribution >= 0.6 is 0 Å². The first-order valence-electron chi connectivity index (χ1n) is 6.98. The van der Waals surface area contributed by atoms with Crippen molar-refractivity contribution in [1.82, 2.24) is 14.5 Å². The number of imidazole rings is 1. The highest BCUT2D eigenvalue weighted by molar-refractivity contribution is 5.77. The minimum Gasteiger partial charge on any atom is -0.497 e. The fraction of sp³-hybridized carbons (Fsp3) is 0.533. The molecule has 1 unspecified atom stereocenters. The number of hydrogen-bond donors (Lipinski definition) is 1. The monoisotopic (exact) mass is 276 g/mol. The lowest BCUT2D eigenvalue weighted by atomic mass is 10.2. The first kappa shape index (κ1) is 14.8. The summed E-state index contributed by atoms with van der Waals surface area (Å²) in [7, 11) is 5.76. The van der Waals surface area contributed by atoms with E-state index >= 15 is 0 Å². The normalized spacial score (nSPS) is 13.1. The highest BCUT2D eigenvalue weighted by Crippen LogP contribution is 2.22. The average Bonchev–Trinajstić information content (AvgIpc) is 2.74. The van der Waals surface area contributed by atoms with Crippen LogP contribution in [0.5, 0.6) is 5.75 Å². The lowest BCUT2D eigenvalue weighted by molar-refractivity contribution is 0.377. The van der Waals surface area contributed by atoms with E-state index in [1.54, 1.807) is 7.11 Å². The van der Waals surface area contributed by atoms with Crippen molar-refractivity contribution in [2.45, 2.75) is 32.5 Å². The quantitative estimate of drug-likeness (QED) is 0.874. The summed E-state index contributed by atoms with van der Waals surface area (Å²) < 4.78 is 7.50. The van der Waals surface area contributed by atoms with Crippen LogP contribution in [0.4, 0.5) is 0 Å². The second-order valence-electron chi connectivity index (χ2n) is 5.40. The molecule has 0 spiro atoms. The molecule has 110 valence electrons. The predicted molar refractivity (Wildman–Crippen MR) is 81.9 cm³/mol. The molecule has 0 aliphatic rings. The van der Waals surface area contributed by atoms with Gasteiger partial charge in [0.2, 0.25) is 0 Å².